The van der Waals surface area contributed by atoms with Gasteiger partial charge in [-0.1, -0.05) is 18.2 Å². The summed E-state index contributed by atoms with van der Waals surface area (Å²) >= 11 is 3.02. The molecule has 0 aliphatic heterocycles. The van der Waals surface area contributed by atoms with Gasteiger partial charge in [0.15, 0.2) is 5.16 Å². The largest absolute Gasteiger partial charge is 0.302 e. The Morgan fingerprint density at radius 3 is 2.79 bits per heavy atom. The number of thiophene rings is 1. The van der Waals surface area contributed by atoms with Crippen LogP contribution >= 0.6 is 23.1 Å². The van der Waals surface area contributed by atoms with E-state index in [1.54, 1.807) is 29.5 Å². The molecule has 0 amide bonds. The van der Waals surface area contributed by atoms with E-state index < -0.39 is 0 Å². The van der Waals surface area contributed by atoms with Crippen molar-refractivity contribution in [1.82, 2.24) is 14.8 Å². The third-order valence-electron chi connectivity index (χ3n) is 3.82. The van der Waals surface area contributed by atoms with Crippen LogP contribution in [0.4, 0.5) is 5.69 Å². The monoisotopic (exact) mass is 358 g/mol. The van der Waals surface area contributed by atoms with Crippen molar-refractivity contribution in [2.75, 3.05) is 0 Å². The van der Waals surface area contributed by atoms with Gasteiger partial charge in [0, 0.05) is 23.4 Å². The van der Waals surface area contributed by atoms with Gasteiger partial charge in [0.1, 0.15) is 5.82 Å². The van der Waals surface area contributed by atoms with Crippen LogP contribution in [0.5, 0.6) is 0 Å². The molecule has 6 nitrogen and oxygen atoms in total. The van der Waals surface area contributed by atoms with E-state index in [4.69, 9.17) is 0 Å². The summed E-state index contributed by atoms with van der Waals surface area (Å²) in [4.78, 5) is 12.7. The molecule has 3 aromatic rings. The highest BCUT2D eigenvalue weighted by Gasteiger charge is 2.30. The number of para-hydroxylation sites is 1. The maximum Gasteiger partial charge on any atom is 0.283 e. The minimum Gasteiger partial charge on any atom is -0.302 e. The summed E-state index contributed by atoms with van der Waals surface area (Å²) in [7, 11) is 0. The standard InChI is InChI=1S/C16H14N4O2S2/c21-20(22)13-5-1-2-6-14(13)24-16-18-17-15(19(16)11-7-8-11)10-12-4-3-9-23-12/h1-6,9,11H,7-8,10H2. The minimum absolute atomic E-state index is 0.104. The average Bonchev–Trinajstić information content (AvgIpc) is 3.13. The lowest BCUT2D eigenvalue weighted by atomic mass is 10.3. The van der Waals surface area contributed by atoms with Gasteiger partial charge in [-0.2, -0.15) is 0 Å². The maximum absolute atomic E-state index is 11.2. The predicted molar refractivity (Wildman–Crippen MR) is 92.6 cm³/mol. The molecule has 8 heteroatoms. The summed E-state index contributed by atoms with van der Waals surface area (Å²) in [6, 6.07) is 11.3. The van der Waals surface area contributed by atoms with Crippen molar-refractivity contribution in [1.29, 1.82) is 0 Å². The predicted octanol–water partition coefficient (Wildman–Crippen LogP) is 4.32. The fraction of sp³-hybridized carbons (Fsp3) is 0.250. The van der Waals surface area contributed by atoms with Gasteiger partial charge < -0.3 is 4.57 Å². The van der Waals surface area contributed by atoms with Crippen LogP contribution in [0.25, 0.3) is 0 Å². The van der Waals surface area contributed by atoms with Gasteiger partial charge in [-0.15, -0.1) is 21.5 Å². The Bertz CT molecular complexity index is 872. The first-order valence-corrected chi connectivity index (χ1v) is 9.29. The van der Waals surface area contributed by atoms with Crippen molar-refractivity contribution >= 4 is 28.8 Å². The Kier molecular flexibility index (Phi) is 4.07. The Morgan fingerprint density at radius 2 is 2.08 bits per heavy atom. The van der Waals surface area contributed by atoms with E-state index in [-0.39, 0.29) is 10.6 Å². The van der Waals surface area contributed by atoms with Crippen molar-refractivity contribution in [2.24, 2.45) is 0 Å². The van der Waals surface area contributed by atoms with E-state index in [0.717, 1.165) is 30.2 Å². The van der Waals surface area contributed by atoms with E-state index in [2.05, 4.69) is 26.2 Å². The quantitative estimate of drug-likeness (QED) is 0.484. The Balaban J connectivity index is 1.67. The molecule has 4 rings (SSSR count). The molecule has 122 valence electrons. The minimum atomic E-state index is -0.354. The molecule has 0 atom stereocenters. The number of hydrogen-bond acceptors (Lipinski definition) is 6. The lowest BCUT2D eigenvalue weighted by molar-refractivity contribution is -0.387. The maximum atomic E-state index is 11.2. The Morgan fingerprint density at radius 1 is 1.25 bits per heavy atom. The van der Waals surface area contributed by atoms with Gasteiger partial charge in [-0.3, -0.25) is 10.1 Å². The summed E-state index contributed by atoms with van der Waals surface area (Å²) < 4.78 is 2.15. The molecule has 24 heavy (non-hydrogen) atoms. The summed E-state index contributed by atoms with van der Waals surface area (Å²) in [6.45, 7) is 0. The average molecular weight is 358 g/mol. The first-order valence-electron chi connectivity index (χ1n) is 7.60. The summed E-state index contributed by atoms with van der Waals surface area (Å²) in [5.74, 6) is 0.932. The molecule has 1 saturated carbocycles. The van der Waals surface area contributed by atoms with Crippen LogP contribution in [0.2, 0.25) is 0 Å². The van der Waals surface area contributed by atoms with Crippen LogP contribution in [-0.4, -0.2) is 19.7 Å². The van der Waals surface area contributed by atoms with Crippen molar-refractivity contribution in [3.05, 3.63) is 62.6 Å². The van der Waals surface area contributed by atoms with E-state index in [1.807, 2.05) is 6.07 Å². The lowest BCUT2D eigenvalue weighted by Gasteiger charge is -2.08. The Labute approximate surface area is 146 Å². The molecule has 1 fully saturated rings. The first-order chi connectivity index (χ1) is 11.7. The van der Waals surface area contributed by atoms with Gasteiger partial charge in [0.2, 0.25) is 0 Å². The molecular formula is C16H14N4O2S2. The number of nitro groups is 1. The summed E-state index contributed by atoms with van der Waals surface area (Å²) in [5, 5.41) is 22.7. The SMILES string of the molecule is O=[N+]([O-])c1ccccc1Sc1nnc(Cc2cccs2)n1C1CC1. The van der Waals surface area contributed by atoms with Crippen molar-refractivity contribution in [3.63, 3.8) is 0 Å². The van der Waals surface area contributed by atoms with Gasteiger partial charge in [0.05, 0.1) is 9.82 Å². The normalized spacial score (nSPS) is 14.0. The smallest absolute Gasteiger partial charge is 0.283 e. The van der Waals surface area contributed by atoms with Gasteiger partial charge in [0.25, 0.3) is 5.69 Å². The zero-order valence-corrected chi connectivity index (χ0v) is 14.3. The number of aromatic nitrogens is 3. The molecule has 1 aliphatic rings. The first kappa shape index (κ1) is 15.3. The topological polar surface area (TPSA) is 73.8 Å². The second-order valence-electron chi connectivity index (χ2n) is 5.58. The molecule has 0 saturated heterocycles. The number of benzene rings is 1. The van der Waals surface area contributed by atoms with Crippen LogP contribution in [0.15, 0.2) is 51.8 Å². The van der Waals surface area contributed by atoms with E-state index >= 15 is 0 Å². The highest BCUT2D eigenvalue weighted by molar-refractivity contribution is 7.99. The third-order valence-corrected chi connectivity index (χ3v) is 5.73. The van der Waals surface area contributed by atoms with Crippen LogP contribution in [-0.2, 0) is 6.42 Å². The molecule has 0 N–H and O–H groups in total. The van der Waals surface area contributed by atoms with Crippen LogP contribution in [0.1, 0.15) is 29.6 Å². The van der Waals surface area contributed by atoms with Crippen LogP contribution in [0.3, 0.4) is 0 Å². The van der Waals surface area contributed by atoms with E-state index in [9.17, 15) is 10.1 Å². The number of rotatable bonds is 6. The Hall–Kier alpha value is -2.19. The van der Waals surface area contributed by atoms with Gasteiger partial charge in [-0.05, 0) is 42.1 Å². The molecule has 1 aliphatic carbocycles. The van der Waals surface area contributed by atoms with Gasteiger partial charge in [-0.25, -0.2) is 0 Å². The molecule has 2 heterocycles. The fourth-order valence-corrected chi connectivity index (χ4v) is 4.29. The molecule has 1 aromatic carbocycles. The molecule has 0 spiro atoms. The number of nitrogens with zero attached hydrogens (tertiary/aromatic N) is 4. The van der Waals surface area contributed by atoms with Crippen LogP contribution in [0, 0.1) is 10.1 Å². The molecule has 2 aromatic heterocycles. The summed E-state index contributed by atoms with van der Waals surface area (Å²) in [6.07, 6.45) is 2.97. The zero-order chi connectivity index (χ0) is 16.5. The molecule has 0 unspecified atom stereocenters. The number of hydrogen-bond donors (Lipinski definition) is 0. The molecule has 0 bridgehead atoms. The highest BCUT2D eigenvalue weighted by atomic mass is 32.2. The van der Waals surface area contributed by atoms with Crippen molar-refractivity contribution < 1.29 is 4.92 Å². The van der Waals surface area contributed by atoms with Crippen LogP contribution < -0.4 is 0 Å². The third kappa shape index (κ3) is 3.07. The second kappa shape index (κ2) is 6.37. The molecule has 0 radical (unpaired) electrons. The zero-order valence-electron chi connectivity index (χ0n) is 12.7. The van der Waals surface area contributed by atoms with E-state index in [1.165, 1.54) is 22.7 Å². The van der Waals surface area contributed by atoms with Gasteiger partial charge >= 0.3 is 0 Å². The highest BCUT2D eigenvalue weighted by Crippen LogP contribution is 2.42. The fourth-order valence-electron chi connectivity index (χ4n) is 2.56. The molecular weight excluding hydrogens is 344 g/mol. The summed E-state index contributed by atoms with van der Waals surface area (Å²) in [5.41, 5.74) is 0.104. The van der Waals surface area contributed by atoms with Crippen molar-refractivity contribution in [3.8, 4) is 0 Å². The second-order valence-corrected chi connectivity index (χ2v) is 7.62. The lowest BCUT2D eigenvalue weighted by Crippen LogP contribution is -2.03. The van der Waals surface area contributed by atoms with Crippen molar-refractivity contribution in [2.45, 2.75) is 35.4 Å². The number of nitro benzene ring substituents is 1. The van der Waals surface area contributed by atoms with E-state index in [0.29, 0.717) is 10.9 Å².